The van der Waals surface area contributed by atoms with Crippen molar-refractivity contribution in [2.45, 2.75) is 13.0 Å². The Morgan fingerprint density at radius 1 is 1.62 bits per heavy atom. The minimum absolute atomic E-state index is 0.409. The van der Waals surface area contributed by atoms with Crippen molar-refractivity contribution in [3.05, 3.63) is 0 Å². The number of aliphatic hydroxyl groups excluding tert-OH is 1. The summed E-state index contributed by atoms with van der Waals surface area (Å²) in [6.45, 7) is 0.347. The normalized spacial score (nSPS) is 13.8. The Morgan fingerprint density at radius 3 is 2.46 bits per heavy atom. The largest absolute Gasteiger partial charge is 0.469 e. The summed E-state index contributed by atoms with van der Waals surface area (Å²) in [6, 6.07) is -0.801. The monoisotopic (exact) mass is 213 g/mol. The highest BCUT2D eigenvalue weighted by atomic mass is 31.2. The standard InChI is InChI=1S/C5H12NO6P/c1-4(8)6-5(2-7)3-12-13(9,10)11/h5,7H,2-3H2,1H3,(H,6,8)(H2,9,10,11)/t5-/m0/s1. The molecule has 0 aliphatic carbocycles. The van der Waals surface area contributed by atoms with Crippen molar-refractivity contribution in [2.75, 3.05) is 13.2 Å². The second-order valence-electron chi connectivity index (χ2n) is 2.37. The van der Waals surface area contributed by atoms with Gasteiger partial charge in [-0.15, -0.1) is 0 Å². The van der Waals surface area contributed by atoms with Gasteiger partial charge >= 0.3 is 7.82 Å². The van der Waals surface area contributed by atoms with E-state index in [1.807, 2.05) is 0 Å². The van der Waals surface area contributed by atoms with Crippen LogP contribution in [-0.2, 0) is 13.9 Å². The topological polar surface area (TPSA) is 116 Å². The van der Waals surface area contributed by atoms with E-state index in [2.05, 4.69) is 9.84 Å². The highest BCUT2D eigenvalue weighted by Crippen LogP contribution is 2.35. The first-order valence-electron chi connectivity index (χ1n) is 3.43. The van der Waals surface area contributed by atoms with Crippen molar-refractivity contribution < 1.29 is 28.8 Å². The molecule has 0 aliphatic rings. The van der Waals surface area contributed by atoms with Gasteiger partial charge in [-0.3, -0.25) is 9.32 Å². The maximum atomic E-state index is 10.5. The molecule has 4 N–H and O–H groups in total. The van der Waals surface area contributed by atoms with Crippen LogP contribution in [0.2, 0.25) is 0 Å². The summed E-state index contributed by atoms with van der Waals surface area (Å²) in [4.78, 5) is 27.0. The third kappa shape index (κ3) is 7.89. The van der Waals surface area contributed by atoms with Gasteiger partial charge in [0.1, 0.15) is 0 Å². The molecule has 0 heterocycles. The van der Waals surface area contributed by atoms with Gasteiger partial charge in [-0.1, -0.05) is 0 Å². The summed E-state index contributed by atoms with van der Waals surface area (Å²) in [5.74, 6) is -0.409. The van der Waals surface area contributed by atoms with Crippen molar-refractivity contribution in [3.8, 4) is 0 Å². The molecule has 0 saturated carbocycles. The Kier molecular flexibility index (Phi) is 5.12. The number of phosphoric acid groups is 1. The molecule has 0 unspecified atom stereocenters. The lowest BCUT2D eigenvalue weighted by atomic mass is 10.3. The van der Waals surface area contributed by atoms with Crippen LogP contribution < -0.4 is 5.32 Å². The summed E-state index contributed by atoms with van der Waals surface area (Å²) in [5.41, 5.74) is 0. The molecule has 1 atom stereocenters. The zero-order valence-electron chi connectivity index (χ0n) is 7.01. The molecule has 0 saturated heterocycles. The lowest BCUT2D eigenvalue weighted by Crippen LogP contribution is -2.39. The number of hydrogen-bond donors (Lipinski definition) is 4. The Labute approximate surface area is 75.0 Å². The lowest BCUT2D eigenvalue weighted by molar-refractivity contribution is -0.120. The maximum Gasteiger partial charge on any atom is 0.469 e. The van der Waals surface area contributed by atoms with E-state index in [1.54, 1.807) is 0 Å². The number of amides is 1. The van der Waals surface area contributed by atoms with Crippen molar-refractivity contribution in [2.24, 2.45) is 0 Å². The predicted molar refractivity (Wildman–Crippen MR) is 42.7 cm³/mol. The molecule has 78 valence electrons. The SMILES string of the molecule is CC(=O)N[C@@H](CO)COP(=O)(O)O. The van der Waals surface area contributed by atoms with Gasteiger partial charge in [0, 0.05) is 6.92 Å². The van der Waals surface area contributed by atoms with E-state index in [0.29, 0.717) is 0 Å². The Hall–Kier alpha value is -0.460. The van der Waals surface area contributed by atoms with Crippen LogP contribution in [0.4, 0.5) is 0 Å². The van der Waals surface area contributed by atoms with E-state index in [4.69, 9.17) is 14.9 Å². The molecule has 0 aromatic heterocycles. The van der Waals surface area contributed by atoms with Crippen LogP contribution in [0, 0.1) is 0 Å². The minimum atomic E-state index is -4.54. The average Bonchev–Trinajstić information content (AvgIpc) is 1.95. The molecule has 0 rings (SSSR count). The van der Waals surface area contributed by atoms with E-state index in [9.17, 15) is 9.36 Å². The number of carbonyl (C=O) groups excluding carboxylic acids is 1. The minimum Gasteiger partial charge on any atom is -0.394 e. The van der Waals surface area contributed by atoms with Gasteiger partial charge in [0.15, 0.2) is 0 Å². The molecular weight excluding hydrogens is 201 g/mol. The van der Waals surface area contributed by atoms with Crippen LogP contribution in [0.5, 0.6) is 0 Å². The fourth-order valence-electron chi connectivity index (χ4n) is 0.615. The van der Waals surface area contributed by atoms with Crippen LogP contribution in [0.3, 0.4) is 0 Å². The molecule has 0 aliphatic heterocycles. The van der Waals surface area contributed by atoms with Crippen LogP contribution in [-0.4, -0.2) is 40.1 Å². The average molecular weight is 213 g/mol. The van der Waals surface area contributed by atoms with Crippen molar-refractivity contribution in [1.29, 1.82) is 0 Å². The summed E-state index contributed by atoms with van der Waals surface area (Å²) < 4.78 is 14.3. The van der Waals surface area contributed by atoms with E-state index in [-0.39, 0.29) is 0 Å². The highest BCUT2D eigenvalue weighted by molar-refractivity contribution is 7.46. The fourth-order valence-corrected chi connectivity index (χ4v) is 0.989. The van der Waals surface area contributed by atoms with Crippen LogP contribution >= 0.6 is 7.82 Å². The molecule has 8 heteroatoms. The van der Waals surface area contributed by atoms with Crippen LogP contribution in [0.1, 0.15) is 6.92 Å². The van der Waals surface area contributed by atoms with Gasteiger partial charge in [-0.05, 0) is 0 Å². The number of hydrogen-bond acceptors (Lipinski definition) is 4. The Balaban J connectivity index is 3.86. The van der Waals surface area contributed by atoms with E-state index in [0.717, 1.165) is 0 Å². The first kappa shape index (κ1) is 12.5. The van der Waals surface area contributed by atoms with E-state index in [1.165, 1.54) is 6.92 Å². The number of carbonyl (C=O) groups is 1. The number of nitrogens with one attached hydrogen (secondary N) is 1. The molecule has 13 heavy (non-hydrogen) atoms. The van der Waals surface area contributed by atoms with Gasteiger partial charge in [-0.2, -0.15) is 0 Å². The van der Waals surface area contributed by atoms with Crippen LogP contribution in [0.25, 0.3) is 0 Å². The summed E-state index contributed by atoms with van der Waals surface area (Å²) in [6.07, 6.45) is 0. The lowest BCUT2D eigenvalue weighted by Gasteiger charge is -2.15. The smallest absolute Gasteiger partial charge is 0.394 e. The van der Waals surface area contributed by atoms with Gasteiger partial charge in [0.25, 0.3) is 0 Å². The Bertz CT molecular complexity index is 213. The summed E-state index contributed by atoms with van der Waals surface area (Å²) in [7, 11) is -4.54. The third-order valence-electron chi connectivity index (χ3n) is 1.07. The van der Waals surface area contributed by atoms with Gasteiger partial charge < -0.3 is 20.2 Å². The van der Waals surface area contributed by atoms with Gasteiger partial charge in [0.05, 0.1) is 19.3 Å². The summed E-state index contributed by atoms with van der Waals surface area (Å²) in [5, 5.41) is 10.9. The molecule has 0 aromatic carbocycles. The molecular formula is C5H12NO6P. The molecule has 1 amide bonds. The molecule has 0 spiro atoms. The highest BCUT2D eigenvalue weighted by Gasteiger charge is 2.17. The molecule has 0 radical (unpaired) electrons. The second-order valence-corrected chi connectivity index (χ2v) is 3.61. The molecule has 0 fully saturated rings. The van der Waals surface area contributed by atoms with E-state index >= 15 is 0 Å². The van der Waals surface area contributed by atoms with Gasteiger partial charge in [0.2, 0.25) is 5.91 Å². The summed E-state index contributed by atoms with van der Waals surface area (Å²) >= 11 is 0. The quantitative estimate of drug-likeness (QED) is 0.417. The Morgan fingerprint density at radius 2 is 2.15 bits per heavy atom. The van der Waals surface area contributed by atoms with Crippen molar-refractivity contribution >= 4 is 13.7 Å². The molecule has 0 bridgehead atoms. The van der Waals surface area contributed by atoms with Gasteiger partial charge in [-0.25, -0.2) is 4.57 Å². The first-order chi connectivity index (χ1) is 5.85. The molecule has 0 aromatic rings. The van der Waals surface area contributed by atoms with Crippen molar-refractivity contribution in [3.63, 3.8) is 0 Å². The van der Waals surface area contributed by atoms with Crippen LogP contribution in [0.15, 0.2) is 0 Å². The zero-order valence-corrected chi connectivity index (χ0v) is 7.90. The molecule has 7 nitrogen and oxygen atoms in total. The third-order valence-corrected chi connectivity index (χ3v) is 1.56. The number of rotatable bonds is 5. The van der Waals surface area contributed by atoms with Crippen molar-refractivity contribution in [1.82, 2.24) is 5.32 Å². The number of aliphatic hydroxyl groups is 1. The maximum absolute atomic E-state index is 10.5. The number of phosphoric ester groups is 1. The second kappa shape index (κ2) is 5.31. The predicted octanol–water partition coefficient (Wildman–Crippen LogP) is -1.41. The first-order valence-corrected chi connectivity index (χ1v) is 4.96. The zero-order chi connectivity index (χ0) is 10.5. The fraction of sp³-hybridized carbons (Fsp3) is 0.800. The van der Waals surface area contributed by atoms with E-state index < -0.39 is 33.0 Å².